The topological polar surface area (TPSA) is 45.2 Å². The van der Waals surface area contributed by atoms with E-state index in [9.17, 15) is 9.18 Å². The van der Waals surface area contributed by atoms with Crippen LogP contribution in [0, 0.1) is 12.8 Å². The molecule has 1 aliphatic carbocycles. The molecule has 2 fully saturated rings. The smallest absolute Gasteiger partial charge is 0.231 e. The second kappa shape index (κ2) is 6.47. The van der Waals surface area contributed by atoms with Gasteiger partial charge in [-0.1, -0.05) is 6.07 Å². The predicted octanol–water partition coefficient (Wildman–Crippen LogP) is 3.95. The van der Waals surface area contributed by atoms with Crippen LogP contribution >= 0.6 is 0 Å². The van der Waals surface area contributed by atoms with Crippen LogP contribution in [0.4, 0.5) is 15.9 Å². The lowest BCUT2D eigenvalue weighted by atomic mass is 10.0. The van der Waals surface area contributed by atoms with Crippen LogP contribution in [0.25, 0.3) is 11.1 Å². The largest absolute Gasteiger partial charge is 0.371 e. The number of carbonyl (C=O) groups is 1. The fraction of sp³-hybridized carbons (Fsp3) is 0.400. The molecule has 5 heteroatoms. The van der Waals surface area contributed by atoms with E-state index in [1.54, 1.807) is 6.20 Å². The summed E-state index contributed by atoms with van der Waals surface area (Å²) in [6.07, 6.45) is 3.52. The van der Waals surface area contributed by atoms with E-state index in [0.29, 0.717) is 12.2 Å². The van der Waals surface area contributed by atoms with Gasteiger partial charge < -0.3 is 10.2 Å². The summed E-state index contributed by atoms with van der Waals surface area (Å²) in [5.41, 5.74) is 4.63. The van der Waals surface area contributed by atoms with Gasteiger partial charge in [0.2, 0.25) is 5.91 Å². The Morgan fingerprint density at radius 2 is 1.92 bits per heavy atom. The molecule has 1 aromatic carbocycles. The van der Waals surface area contributed by atoms with Crippen LogP contribution in [0.5, 0.6) is 0 Å². The summed E-state index contributed by atoms with van der Waals surface area (Å²) in [5, 5.41) is 2.72. The Hall–Kier alpha value is -2.43. The Labute approximate surface area is 147 Å². The first kappa shape index (κ1) is 16.1. The number of pyridine rings is 1. The molecular weight excluding hydrogens is 317 g/mol. The second-order valence-corrected chi connectivity index (χ2v) is 6.97. The van der Waals surface area contributed by atoms with E-state index >= 15 is 0 Å². The van der Waals surface area contributed by atoms with Crippen LogP contribution in [0.1, 0.15) is 24.8 Å². The number of alkyl halides is 1. The lowest BCUT2D eigenvalue weighted by Crippen LogP contribution is -2.18. The Kier molecular flexibility index (Phi) is 4.15. The third-order valence-electron chi connectivity index (χ3n) is 5.04. The van der Waals surface area contributed by atoms with Crippen LogP contribution in [0.15, 0.2) is 36.5 Å². The predicted molar refractivity (Wildman–Crippen MR) is 97.5 cm³/mol. The van der Waals surface area contributed by atoms with Gasteiger partial charge in [0.1, 0.15) is 12.0 Å². The zero-order valence-corrected chi connectivity index (χ0v) is 14.3. The summed E-state index contributed by atoms with van der Waals surface area (Å²) >= 11 is 0. The van der Waals surface area contributed by atoms with Gasteiger partial charge in [0.05, 0.1) is 5.92 Å². The van der Waals surface area contributed by atoms with E-state index in [2.05, 4.69) is 40.3 Å². The van der Waals surface area contributed by atoms with Crippen LogP contribution in [-0.2, 0) is 4.79 Å². The second-order valence-electron chi connectivity index (χ2n) is 6.97. The number of aromatic nitrogens is 1. The molecule has 1 saturated carbocycles. The number of hydrogen-bond donors (Lipinski definition) is 1. The first-order valence-electron chi connectivity index (χ1n) is 8.89. The number of hydrogen-bond acceptors (Lipinski definition) is 3. The fourth-order valence-electron chi connectivity index (χ4n) is 3.48. The normalized spacial score (nSPS) is 22.1. The third-order valence-corrected chi connectivity index (χ3v) is 5.04. The molecule has 1 amide bonds. The summed E-state index contributed by atoms with van der Waals surface area (Å²) < 4.78 is 13.0. The van der Waals surface area contributed by atoms with E-state index in [1.807, 2.05) is 12.1 Å². The molecule has 1 aromatic heterocycles. The van der Waals surface area contributed by atoms with Crippen molar-refractivity contribution in [2.24, 2.45) is 5.92 Å². The minimum Gasteiger partial charge on any atom is -0.371 e. The van der Waals surface area contributed by atoms with Crippen molar-refractivity contribution < 1.29 is 9.18 Å². The first-order chi connectivity index (χ1) is 12.1. The summed E-state index contributed by atoms with van der Waals surface area (Å²) in [6.45, 7) is 4.39. The van der Waals surface area contributed by atoms with Crippen LogP contribution in [0.2, 0.25) is 0 Å². The molecule has 1 unspecified atom stereocenters. The van der Waals surface area contributed by atoms with Gasteiger partial charge in [-0.3, -0.25) is 4.79 Å². The van der Waals surface area contributed by atoms with Crippen LogP contribution in [0.3, 0.4) is 0 Å². The molecule has 1 saturated heterocycles. The van der Waals surface area contributed by atoms with Gasteiger partial charge in [0.25, 0.3) is 0 Å². The highest BCUT2D eigenvalue weighted by Crippen LogP contribution is 2.35. The standard InChI is InChI=1S/C20H22FN3O/c1-13-10-14(4-5-18(13)24-8-2-3-9-24)15-6-7-22-19(11-15)23-20(25)16-12-17(16)21/h4-7,10-11,16-17H,2-3,8-9,12H2,1H3,(H,22,23,25)/t16?,17-/m1/s1. The highest BCUT2D eigenvalue weighted by atomic mass is 19.1. The average Bonchev–Trinajstić information content (AvgIpc) is 3.11. The van der Waals surface area contributed by atoms with E-state index in [4.69, 9.17) is 0 Å². The Morgan fingerprint density at radius 1 is 1.20 bits per heavy atom. The lowest BCUT2D eigenvalue weighted by Gasteiger charge is -2.20. The maximum absolute atomic E-state index is 13.0. The number of halogens is 1. The van der Waals surface area contributed by atoms with Gasteiger partial charge in [-0.2, -0.15) is 0 Å². The van der Waals surface area contributed by atoms with Gasteiger partial charge in [0, 0.05) is 25.0 Å². The van der Waals surface area contributed by atoms with E-state index in [1.165, 1.54) is 24.1 Å². The Bertz CT molecular complexity index is 801. The number of rotatable bonds is 4. The third kappa shape index (κ3) is 3.36. The molecule has 4 nitrogen and oxygen atoms in total. The van der Waals surface area contributed by atoms with Crippen molar-refractivity contribution in [3.63, 3.8) is 0 Å². The number of aryl methyl sites for hydroxylation is 1. The van der Waals surface area contributed by atoms with Gasteiger partial charge >= 0.3 is 0 Å². The van der Waals surface area contributed by atoms with E-state index < -0.39 is 12.1 Å². The highest BCUT2D eigenvalue weighted by molar-refractivity contribution is 5.94. The molecule has 130 valence electrons. The molecule has 2 heterocycles. The summed E-state index contributed by atoms with van der Waals surface area (Å²) in [6, 6.07) is 10.2. The quantitative estimate of drug-likeness (QED) is 0.917. The molecule has 1 N–H and O–H groups in total. The highest BCUT2D eigenvalue weighted by Gasteiger charge is 2.43. The molecule has 2 aromatic rings. The molecule has 25 heavy (non-hydrogen) atoms. The molecule has 0 spiro atoms. The Balaban J connectivity index is 1.54. The van der Waals surface area contributed by atoms with Gasteiger partial charge in [-0.25, -0.2) is 9.37 Å². The van der Waals surface area contributed by atoms with Crippen molar-refractivity contribution in [3.8, 4) is 11.1 Å². The van der Waals surface area contributed by atoms with E-state index in [-0.39, 0.29) is 5.91 Å². The summed E-state index contributed by atoms with van der Waals surface area (Å²) in [7, 11) is 0. The van der Waals surface area contributed by atoms with Crippen molar-refractivity contribution in [3.05, 3.63) is 42.1 Å². The zero-order chi connectivity index (χ0) is 17.4. The minimum atomic E-state index is -0.996. The van der Waals surface area contributed by atoms with Gasteiger partial charge in [-0.15, -0.1) is 0 Å². The summed E-state index contributed by atoms with van der Waals surface area (Å²) in [4.78, 5) is 18.5. The number of anilines is 2. The number of nitrogens with zero attached hydrogens (tertiary/aromatic N) is 2. The average molecular weight is 339 g/mol. The van der Waals surface area contributed by atoms with Crippen molar-refractivity contribution in [1.82, 2.24) is 4.98 Å². The lowest BCUT2D eigenvalue weighted by molar-refractivity contribution is -0.117. The minimum absolute atomic E-state index is 0.280. The van der Waals surface area contributed by atoms with Crippen molar-refractivity contribution >= 4 is 17.4 Å². The van der Waals surface area contributed by atoms with Crippen molar-refractivity contribution in [2.75, 3.05) is 23.3 Å². The SMILES string of the molecule is Cc1cc(-c2ccnc(NC(=O)C3C[C@H]3F)c2)ccc1N1CCCC1. The molecule has 0 bridgehead atoms. The van der Waals surface area contributed by atoms with E-state index in [0.717, 1.165) is 24.2 Å². The van der Waals surface area contributed by atoms with Crippen LogP contribution in [-0.4, -0.2) is 30.2 Å². The molecule has 0 radical (unpaired) electrons. The van der Waals surface area contributed by atoms with Crippen molar-refractivity contribution in [1.29, 1.82) is 0 Å². The first-order valence-corrected chi connectivity index (χ1v) is 8.89. The molecule has 2 atom stereocenters. The number of nitrogens with one attached hydrogen (secondary N) is 1. The molecule has 4 rings (SSSR count). The maximum Gasteiger partial charge on any atom is 0.231 e. The number of benzene rings is 1. The Morgan fingerprint density at radius 3 is 2.60 bits per heavy atom. The molecule has 1 aliphatic heterocycles. The van der Waals surface area contributed by atoms with Gasteiger partial charge in [-0.05, 0) is 67.1 Å². The molecular formula is C20H22FN3O. The maximum atomic E-state index is 13.0. The fourth-order valence-corrected chi connectivity index (χ4v) is 3.48. The van der Waals surface area contributed by atoms with Crippen molar-refractivity contribution in [2.45, 2.75) is 32.4 Å². The van der Waals surface area contributed by atoms with Gasteiger partial charge in [0.15, 0.2) is 0 Å². The van der Waals surface area contributed by atoms with Crippen LogP contribution < -0.4 is 10.2 Å². The number of amides is 1. The summed E-state index contributed by atoms with van der Waals surface area (Å²) in [5.74, 6) is -0.312. The zero-order valence-electron chi connectivity index (χ0n) is 14.3. The molecule has 2 aliphatic rings. The number of carbonyl (C=O) groups excluding carboxylic acids is 1. The monoisotopic (exact) mass is 339 g/mol.